The topological polar surface area (TPSA) is 70.1 Å². The molecule has 1 amide bonds. The Kier molecular flexibility index (Phi) is 5.33. The van der Waals surface area contributed by atoms with Crippen LogP contribution in [0.2, 0.25) is 0 Å². The maximum absolute atomic E-state index is 12.5. The highest BCUT2D eigenvalue weighted by molar-refractivity contribution is 5.88. The van der Waals surface area contributed by atoms with Crippen molar-refractivity contribution in [2.24, 2.45) is 0 Å². The Bertz CT molecular complexity index is 1020. The lowest BCUT2D eigenvalue weighted by Gasteiger charge is -2.36. The number of hydrogen-bond donors (Lipinski definition) is 1. The van der Waals surface area contributed by atoms with Crippen LogP contribution in [-0.4, -0.2) is 54.7 Å². The number of anilines is 1. The minimum absolute atomic E-state index is 0.0195. The summed E-state index contributed by atoms with van der Waals surface area (Å²) in [5, 5.41) is 11.2. The van der Waals surface area contributed by atoms with Gasteiger partial charge in [-0.1, -0.05) is 30.3 Å². The third-order valence-corrected chi connectivity index (χ3v) is 5.20. The standard InChI is InChI=1S/C23H22N2O4/c26-22(16-29-21-10-7-17-3-1-2-4-19(17)15-21)25-13-11-24(12-14-25)20-8-5-18(6-9-20)23(27)28/h1-10,15H,11-14,16H2,(H,27,28). The number of nitrogens with zero attached hydrogens (tertiary/aromatic N) is 2. The number of amides is 1. The smallest absolute Gasteiger partial charge is 0.335 e. The van der Waals surface area contributed by atoms with Crippen LogP contribution in [0.25, 0.3) is 10.8 Å². The molecular formula is C23H22N2O4. The highest BCUT2D eigenvalue weighted by atomic mass is 16.5. The number of hydrogen-bond acceptors (Lipinski definition) is 4. The molecule has 0 atom stereocenters. The van der Waals surface area contributed by atoms with Crippen LogP contribution in [-0.2, 0) is 4.79 Å². The SMILES string of the molecule is O=C(O)c1ccc(N2CCN(C(=O)COc3ccc4ccccc4c3)CC2)cc1. The normalized spacial score (nSPS) is 14.1. The van der Waals surface area contributed by atoms with Crippen molar-refractivity contribution >= 4 is 28.3 Å². The molecule has 0 bridgehead atoms. The van der Waals surface area contributed by atoms with Crippen molar-refractivity contribution in [1.29, 1.82) is 0 Å². The second-order valence-electron chi connectivity index (χ2n) is 7.02. The van der Waals surface area contributed by atoms with Crippen LogP contribution < -0.4 is 9.64 Å². The van der Waals surface area contributed by atoms with E-state index in [4.69, 9.17) is 9.84 Å². The van der Waals surface area contributed by atoms with E-state index in [1.807, 2.05) is 59.5 Å². The highest BCUT2D eigenvalue weighted by Crippen LogP contribution is 2.21. The average molecular weight is 390 g/mol. The third kappa shape index (κ3) is 4.32. The quantitative estimate of drug-likeness (QED) is 0.724. The van der Waals surface area contributed by atoms with Crippen molar-refractivity contribution in [3.8, 4) is 5.75 Å². The van der Waals surface area contributed by atoms with E-state index in [1.165, 1.54) is 0 Å². The van der Waals surface area contributed by atoms with Gasteiger partial charge in [-0.2, -0.15) is 0 Å². The summed E-state index contributed by atoms with van der Waals surface area (Å²) in [4.78, 5) is 27.4. The van der Waals surface area contributed by atoms with Crippen molar-refractivity contribution < 1.29 is 19.4 Å². The first-order valence-electron chi connectivity index (χ1n) is 9.58. The van der Waals surface area contributed by atoms with Gasteiger partial charge in [-0.15, -0.1) is 0 Å². The molecule has 0 spiro atoms. The van der Waals surface area contributed by atoms with Gasteiger partial charge in [-0.3, -0.25) is 4.79 Å². The summed E-state index contributed by atoms with van der Waals surface area (Å²) in [5.74, 6) is -0.272. The van der Waals surface area contributed by atoms with Gasteiger partial charge in [0.05, 0.1) is 5.56 Å². The molecule has 1 N–H and O–H groups in total. The molecule has 1 aliphatic rings. The molecule has 1 aliphatic heterocycles. The lowest BCUT2D eigenvalue weighted by molar-refractivity contribution is -0.133. The van der Waals surface area contributed by atoms with E-state index in [0.29, 0.717) is 31.9 Å². The second-order valence-corrected chi connectivity index (χ2v) is 7.02. The number of benzene rings is 3. The van der Waals surface area contributed by atoms with E-state index >= 15 is 0 Å². The van der Waals surface area contributed by atoms with Gasteiger partial charge in [-0.05, 0) is 47.2 Å². The number of carbonyl (C=O) groups excluding carboxylic acids is 1. The number of carboxylic acid groups (broad SMARTS) is 1. The molecule has 3 aromatic carbocycles. The zero-order valence-electron chi connectivity index (χ0n) is 16.0. The van der Waals surface area contributed by atoms with E-state index in [1.54, 1.807) is 12.1 Å². The zero-order valence-corrected chi connectivity index (χ0v) is 16.0. The van der Waals surface area contributed by atoms with E-state index in [0.717, 1.165) is 16.5 Å². The summed E-state index contributed by atoms with van der Waals surface area (Å²) < 4.78 is 5.72. The number of piperazine rings is 1. The highest BCUT2D eigenvalue weighted by Gasteiger charge is 2.21. The number of aromatic carboxylic acids is 1. The van der Waals surface area contributed by atoms with Gasteiger partial charge in [0.25, 0.3) is 5.91 Å². The fraction of sp³-hybridized carbons (Fsp3) is 0.217. The van der Waals surface area contributed by atoms with Crippen LogP contribution in [0.3, 0.4) is 0 Å². The van der Waals surface area contributed by atoms with E-state index in [9.17, 15) is 9.59 Å². The maximum atomic E-state index is 12.5. The lowest BCUT2D eigenvalue weighted by Crippen LogP contribution is -2.50. The predicted molar refractivity (Wildman–Crippen MR) is 112 cm³/mol. The van der Waals surface area contributed by atoms with E-state index in [-0.39, 0.29) is 18.1 Å². The molecule has 29 heavy (non-hydrogen) atoms. The van der Waals surface area contributed by atoms with Crippen LogP contribution in [0.15, 0.2) is 66.7 Å². The number of carbonyl (C=O) groups is 2. The molecule has 1 saturated heterocycles. The van der Waals surface area contributed by atoms with Crippen LogP contribution in [0.4, 0.5) is 5.69 Å². The molecule has 0 aliphatic carbocycles. The number of rotatable bonds is 5. The molecule has 0 unspecified atom stereocenters. The zero-order chi connectivity index (χ0) is 20.2. The van der Waals surface area contributed by atoms with Gasteiger partial charge in [-0.25, -0.2) is 4.79 Å². The van der Waals surface area contributed by atoms with Crippen molar-refractivity contribution in [2.45, 2.75) is 0 Å². The Morgan fingerprint density at radius 1 is 0.862 bits per heavy atom. The molecule has 6 heteroatoms. The maximum Gasteiger partial charge on any atom is 0.335 e. The largest absolute Gasteiger partial charge is 0.484 e. The monoisotopic (exact) mass is 390 g/mol. The van der Waals surface area contributed by atoms with Crippen molar-refractivity contribution in [3.63, 3.8) is 0 Å². The van der Waals surface area contributed by atoms with Crippen molar-refractivity contribution in [3.05, 3.63) is 72.3 Å². The van der Waals surface area contributed by atoms with Crippen molar-refractivity contribution in [2.75, 3.05) is 37.7 Å². The number of ether oxygens (including phenoxy) is 1. The van der Waals surface area contributed by atoms with Crippen LogP contribution in [0, 0.1) is 0 Å². The first kappa shape index (κ1) is 18.8. The van der Waals surface area contributed by atoms with Gasteiger partial charge in [0.1, 0.15) is 5.75 Å². The summed E-state index contributed by atoms with van der Waals surface area (Å²) in [6.45, 7) is 2.65. The Morgan fingerprint density at radius 3 is 2.24 bits per heavy atom. The minimum Gasteiger partial charge on any atom is -0.484 e. The fourth-order valence-corrected chi connectivity index (χ4v) is 3.52. The van der Waals surface area contributed by atoms with Gasteiger partial charge in [0.2, 0.25) is 0 Å². The molecule has 4 rings (SSSR count). The molecule has 148 valence electrons. The van der Waals surface area contributed by atoms with Crippen LogP contribution >= 0.6 is 0 Å². The molecule has 1 fully saturated rings. The summed E-state index contributed by atoms with van der Waals surface area (Å²) in [5.41, 5.74) is 1.24. The van der Waals surface area contributed by atoms with Gasteiger partial charge in [0.15, 0.2) is 6.61 Å². The first-order valence-corrected chi connectivity index (χ1v) is 9.58. The molecule has 0 radical (unpaired) electrons. The molecule has 1 heterocycles. The Morgan fingerprint density at radius 2 is 1.55 bits per heavy atom. The Labute approximate surface area is 168 Å². The first-order chi connectivity index (χ1) is 14.1. The Hall–Kier alpha value is -3.54. The third-order valence-electron chi connectivity index (χ3n) is 5.20. The second kappa shape index (κ2) is 8.22. The van der Waals surface area contributed by atoms with E-state index in [2.05, 4.69) is 4.90 Å². The molecule has 6 nitrogen and oxygen atoms in total. The number of fused-ring (bicyclic) bond motifs is 1. The molecule has 0 aromatic heterocycles. The minimum atomic E-state index is -0.932. The van der Waals surface area contributed by atoms with Gasteiger partial charge >= 0.3 is 5.97 Å². The van der Waals surface area contributed by atoms with Gasteiger partial charge < -0.3 is 19.6 Å². The molecule has 0 saturated carbocycles. The molecular weight excluding hydrogens is 368 g/mol. The summed E-state index contributed by atoms with van der Waals surface area (Å²) in [6, 6.07) is 20.7. The molecule has 3 aromatic rings. The summed E-state index contributed by atoms with van der Waals surface area (Å²) in [7, 11) is 0. The average Bonchev–Trinajstić information content (AvgIpc) is 2.77. The van der Waals surface area contributed by atoms with Crippen molar-refractivity contribution in [1.82, 2.24) is 4.90 Å². The predicted octanol–water partition coefficient (Wildman–Crippen LogP) is 3.27. The Balaban J connectivity index is 1.29. The fourth-order valence-electron chi connectivity index (χ4n) is 3.52. The van der Waals surface area contributed by atoms with E-state index < -0.39 is 5.97 Å². The number of carboxylic acids is 1. The van der Waals surface area contributed by atoms with Crippen LogP contribution in [0.1, 0.15) is 10.4 Å². The summed E-state index contributed by atoms with van der Waals surface area (Å²) in [6.07, 6.45) is 0. The summed E-state index contributed by atoms with van der Waals surface area (Å²) >= 11 is 0. The lowest BCUT2D eigenvalue weighted by atomic mass is 10.1. The van der Waals surface area contributed by atoms with Crippen LogP contribution in [0.5, 0.6) is 5.75 Å². The van der Waals surface area contributed by atoms with Gasteiger partial charge in [0, 0.05) is 31.9 Å².